The zero-order valence-electron chi connectivity index (χ0n) is 8.46. The van der Waals surface area contributed by atoms with Crippen LogP contribution in [0.5, 0.6) is 0 Å². The number of hydrogen-bond acceptors (Lipinski definition) is 1. The van der Waals surface area contributed by atoms with Gasteiger partial charge < -0.3 is 9.67 Å². The van der Waals surface area contributed by atoms with E-state index < -0.39 is 12.0 Å². The smallest absolute Gasteiger partial charge is 0.326 e. The Morgan fingerprint density at radius 3 is 2.31 bits per heavy atom. The number of nitrogens with zero attached hydrogens (tertiary/aromatic N) is 1. The van der Waals surface area contributed by atoms with Gasteiger partial charge >= 0.3 is 5.97 Å². The molecule has 13 heavy (non-hydrogen) atoms. The van der Waals surface area contributed by atoms with Gasteiger partial charge in [-0.3, -0.25) is 0 Å². The van der Waals surface area contributed by atoms with Gasteiger partial charge in [0.25, 0.3) is 0 Å². The molecule has 0 aliphatic rings. The third kappa shape index (κ3) is 1.59. The first-order valence-electron chi connectivity index (χ1n) is 4.33. The summed E-state index contributed by atoms with van der Waals surface area (Å²) in [6, 6.07) is 1.53. The largest absolute Gasteiger partial charge is 0.480 e. The first kappa shape index (κ1) is 9.84. The zero-order chi connectivity index (χ0) is 10.2. The van der Waals surface area contributed by atoms with Gasteiger partial charge in [0.05, 0.1) is 0 Å². The molecule has 0 fully saturated rings. The van der Waals surface area contributed by atoms with Gasteiger partial charge in [-0.2, -0.15) is 0 Å². The molecule has 0 aliphatic heterocycles. The van der Waals surface area contributed by atoms with Crippen molar-refractivity contribution in [2.24, 2.45) is 0 Å². The van der Waals surface area contributed by atoms with Gasteiger partial charge in [0.1, 0.15) is 6.04 Å². The molecule has 0 bridgehead atoms. The van der Waals surface area contributed by atoms with Gasteiger partial charge in [-0.05, 0) is 39.3 Å². The number of carbonyl (C=O) groups is 1. The van der Waals surface area contributed by atoms with Crippen LogP contribution in [0.25, 0.3) is 0 Å². The summed E-state index contributed by atoms with van der Waals surface area (Å²) in [6.07, 6.45) is 0. The highest BCUT2D eigenvalue weighted by molar-refractivity contribution is 5.71. The molecule has 1 N–H and O–H groups in total. The molecule has 3 heteroatoms. The van der Waals surface area contributed by atoms with Crippen LogP contribution < -0.4 is 0 Å². The molecule has 1 unspecified atom stereocenters. The molecule has 3 nitrogen and oxygen atoms in total. The van der Waals surface area contributed by atoms with Gasteiger partial charge in [0.15, 0.2) is 0 Å². The second-order valence-corrected chi connectivity index (χ2v) is 3.44. The predicted octanol–water partition coefficient (Wildman–Crippen LogP) is 2.06. The van der Waals surface area contributed by atoms with Crippen LogP contribution >= 0.6 is 0 Å². The average molecular weight is 181 g/mol. The summed E-state index contributed by atoms with van der Waals surface area (Å²) in [4.78, 5) is 10.8. The average Bonchev–Trinajstić information content (AvgIpc) is 2.26. The number of rotatable bonds is 2. The molecule has 72 valence electrons. The van der Waals surface area contributed by atoms with Crippen molar-refractivity contribution in [3.63, 3.8) is 0 Å². The van der Waals surface area contributed by atoms with Crippen LogP contribution in [0.1, 0.15) is 29.9 Å². The Morgan fingerprint density at radius 2 is 2.00 bits per heavy atom. The van der Waals surface area contributed by atoms with E-state index in [2.05, 4.69) is 0 Å². The lowest BCUT2D eigenvalue weighted by Gasteiger charge is -2.13. The SMILES string of the molecule is Cc1cc(C)n(C(C)C(=O)O)c1C. The lowest BCUT2D eigenvalue weighted by Crippen LogP contribution is -2.17. The van der Waals surface area contributed by atoms with Crippen LogP contribution in [0.2, 0.25) is 0 Å². The molecule has 0 amide bonds. The fourth-order valence-electron chi connectivity index (χ4n) is 1.65. The van der Waals surface area contributed by atoms with E-state index in [4.69, 9.17) is 5.11 Å². The third-order valence-corrected chi connectivity index (χ3v) is 2.48. The number of carboxylic acids is 1. The normalized spacial score (nSPS) is 12.9. The molecule has 1 heterocycles. The Hall–Kier alpha value is -1.25. The quantitative estimate of drug-likeness (QED) is 0.758. The van der Waals surface area contributed by atoms with Crippen molar-refractivity contribution in [1.29, 1.82) is 0 Å². The molecule has 0 spiro atoms. The molecule has 0 radical (unpaired) electrons. The first-order chi connectivity index (χ1) is 5.95. The maximum atomic E-state index is 10.8. The van der Waals surface area contributed by atoms with Crippen molar-refractivity contribution in [2.45, 2.75) is 33.7 Å². The van der Waals surface area contributed by atoms with Crippen LogP contribution in [0.15, 0.2) is 6.07 Å². The van der Waals surface area contributed by atoms with Crippen molar-refractivity contribution in [3.05, 3.63) is 23.0 Å². The highest BCUT2D eigenvalue weighted by Crippen LogP contribution is 2.19. The molecule has 0 aromatic carbocycles. The molecule has 1 aromatic rings. The Kier molecular flexibility index (Phi) is 2.45. The van der Waals surface area contributed by atoms with Crippen molar-refractivity contribution in [2.75, 3.05) is 0 Å². The van der Waals surface area contributed by atoms with E-state index in [9.17, 15) is 4.79 Å². The lowest BCUT2D eigenvalue weighted by molar-refractivity contribution is -0.140. The molecule has 1 aromatic heterocycles. The fourth-order valence-corrected chi connectivity index (χ4v) is 1.65. The Balaban J connectivity index is 3.20. The minimum absolute atomic E-state index is 0.478. The van der Waals surface area contributed by atoms with Crippen LogP contribution in [0.3, 0.4) is 0 Å². The fraction of sp³-hybridized carbons (Fsp3) is 0.500. The van der Waals surface area contributed by atoms with Gasteiger partial charge in [0.2, 0.25) is 0 Å². The first-order valence-corrected chi connectivity index (χ1v) is 4.33. The highest BCUT2D eigenvalue weighted by atomic mass is 16.4. The van der Waals surface area contributed by atoms with Crippen molar-refractivity contribution < 1.29 is 9.90 Å². The van der Waals surface area contributed by atoms with Crippen molar-refractivity contribution in [1.82, 2.24) is 4.57 Å². The molecular weight excluding hydrogens is 166 g/mol. The minimum Gasteiger partial charge on any atom is -0.480 e. The van der Waals surface area contributed by atoms with E-state index in [1.165, 1.54) is 0 Å². The topological polar surface area (TPSA) is 42.2 Å². The van der Waals surface area contributed by atoms with E-state index in [0.717, 1.165) is 17.0 Å². The Morgan fingerprint density at radius 1 is 1.46 bits per heavy atom. The molecule has 1 atom stereocenters. The number of aromatic nitrogens is 1. The number of aryl methyl sites for hydroxylation is 2. The maximum absolute atomic E-state index is 10.8. The summed E-state index contributed by atoms with van der Waals surface area (Å²) >= 11 is 0. The van der Waals surface area contributed by atoms with Crippen LogP contribution in [0.4, 0.5) is 0 Å². The van der Waals surface area contributed by atoms with E-state index in [1.54, 1.807) is 6.92 Å². The standard InChI is InChI=1S/C10H15NO2/c1-6-5-7(2)11(8(6)3)9(4)10(12)13/h5,9H,1-4H3,(H,12,13). The molecule has 0 saturated heterocycles. The predicted molar refractivity (Wildman–Crippen MR) is 51.0 cm³/mol. The third-order valence-electron chi connectivity index (χ3n) is 2.48. The second kappa shape index (κ2) is 3.24. The van der Waals surface area contributed by atoms with E-state index in [0.29, 0.717) is 0 Å². The van der Waals surface area contributed by atoms with E-state index >= 15 is 0 Å². The minimum atomic E-state index is -0.790. The summed E-state index contributed by atoms with van der Waals surface area (Å²) in [6.45, 7) is 7.57. The van der Waals surface area contributed by atoms with Crippen molar-refractivity contribution in [3.8, 4) is 0 Å². The van der Waals surface area contributed by atoms with E-state index in [-0.39, 0.29) is 0 Å². The van der Waals surface area contributed by atoms with Crippen molar-refractivity contribution >= 4 is 5.97 Å². The monoisotopic (exact) mass is 181 g/mol. The summed E-state index contributed by atoms with van der Waals surface area (Å²) in [5, 5.41) is 8.87. The second-order valence-electron chi connectivity index (χ2n) is 3.44. The van der Waals surface area contributed by atoms with Gasteiger partial charge in [-0.1, -0.05) is 0 Å². The van der Waals surface area contributed by atoms with Crippen LogP contribution in [-0.2, 0) is 4.79 Å². The highest BCUT2D eigenvalue weighted by Gasteiger charge is 2.17. The van der Waals surface area contributed by atoms with Gasteiger partial charge in [-0.15, -0.1) is 0 Å². The lowest BCUT2D eigenvalue weighted by atomic mass is 10.3. The van der Waals surface area contributed by atoms with Gasteiger partial charge in [-0.25, -0.2) is 4.79 Å². The Bertz CT molecular complexity index is 339. The summed E-state index contributed by atoms with van der Waals surface area (Å²) in [7, 11) is 0. The zero-order valence-corrected chi connectivity index (χ0v) is 8.46. The Labute approximate surface area is 78.0 Å². The number of carboxylic acid groups (broad SMARTS) is 1. The molecule has 0 aliphatic carbocycles. The number of aliphatic carboxylic acids is 1. The summed E-state index contributed by atoms with van der Waals surface area (Å²) in [5.41, 5.74) is 3.18. The number of hydrogen-bond donors (Lipinski definition) is 1. The molecular formula is C10H15NO2. The summed E-state index contributed by atoms with van der Waals surface area (Å²) in [5.74, 6) is -0.790. The summed E-state index contributed by atoms with van der Waals surface area (Å²) < 4.78 is 1.84. The van der Waals surface area contributed by atoms with Crippen LogP contribution in [-0.4, -0.2) is 15.6 Å². The maximum Gasteiger partial charge on any atom is 0.326 e. The van der Waals surface area contributed by atoms with E-state index in [1.807, 2.05) is 31.4 Å². The molecule has 1 rings (SSSR count). The molecule has 0 saturated carbocycles. The van der Waals surface area contributed by atoms with Crippen LogP contribution in [0, 0.1) is 20.8 Å². The van der Waals surface area contributed by atoms with Gasteiger partial charge in [0, 0.05) is 11.4 Å².